The van der Waals surface area contributed by atoms with Gasteiger partial charge in [0.25, 0.3) is 11.8 Å². The van der Waals surface area contributed by atoms with Gasteiger partial charge in [-0.15, -0.1) is 0 Å². The van der Waals surface area contributed by atoms with E-state index in [1.54, 1.807) is 48.5 Å². The Morgan fingerprint density at radius 1 is 0.844 bits per heavy atom. The molecule has 3 aromatic carbocycles. The highest BCUT2D eigenvalue weighted by Crippen LogP contribution is 2.18. The monoisotopic (exact) mass is 447 g/mol. The highest BCUT2D eigenvalue weighted by molar-refractivity contribution is 7.80. The van der Waals surface area contributed by atoms with Crippen LogP contribution in [0.3, 0.4) is 0 Å². The van der Waals surface area contributed by atoms with Crippen molar-refractivity contribution in [3.8, 4) is 5.75 Å². The number of benzene rings is 3. The van der Waals surface area contributed by atoms with Gasteiger partial charge in [0.1, 0.15) is 5.75 Å². The van der Waals surface area contributed by atoms with Crippen molar-refractivity contribution >= 4 is 34.8 Å². The van der Waals surface area contributed by atoms with E-state index >= 15 is 0 Å². The van der Waals surface area contributed by atoms with Gasteiger partial charge in [-0.2, -0.15) is 0 Å². The van der Waals surface area contributed by atoms with E-state index in [2.05, 4.69) is 16.0 Å². The molecule has 3 N–H and O–H groups in total. The first-order valence-corrected chi connectivity index (χ1v) is 10.7. The standard InChI is InChI=1S/C25H25N3O3S/c1-2-31-22-15-9-7-13-20(22)24(30)28-25(32)27-21-14-8-6-12-19(21)23(29)26-17-16-18-10-4-3-5-11-18/h3-15H,2,16-17H2,1H3,(H,26,29)(H2,27,28,30,32). The molecule has 7 heteroatoms. The maximum absolute atomic E-state index is 12.7. The molecule has 0 unspecified atom stereocenters. The summed E-state index contributed by atoms with van der Waals surface area (Å²) < 4.78 is 5.50. The third kappa shape index (κ3) is 6.39. The van der Waals surface area contributed by atoms with Gasteiger partial charge in [-0.3, -0.25) is 14.9 Å². The van der Waals surface area contributed by atoms with Crippen LogP contribution in [0.1, 0.15) is 33.2 Å². The number of rotatable bonds is 8. The Balaban J connectivity index is 1.61. The Kier molecular flexibility index (Phi) is 8.34. The zero-order valence-electron chi connectivity index (χ0n) is 17.8. The molecule has 3 aromatic rings. The Morgan fingerprint density at radius 2 is 1.50 bits per heavy atom. The fourth-order valence-corrected chi connectivity index (χ4v) is 3.31. The van der Waals surface area contributed by atoms with Crippen molar-refractivity contribution < 1.29 is 14.3 Å². The summed E-state index contributed by atoms with van der Waals surface area (Å²) in [5.74, 6) is -0.135. The lowest BCUT2D eigenvalue weighted by Crippen LogP contribution is -2.35. The van der Waals surface area contributed by atoms with Crippen LogP contribution in [0.5, 0.6) is 5.75 Å². The Bertz CT molecular complexity index is 1090. The number of carbonyl (C=O) groups is 2. The molecule has 0 heterocycles. The highest BCUT2D eigenvalue weighted by atomic mass is 32.1. The van der Waals surface area contributed by atoms with Crippen molar-refractivity contribution in [1.29, 1.82) is 0 Å². The summed E-state index contributed by atoms with van der Waals surface area (Å²) in [6, 6.07) is 23.9. The second kappa shape index (κ2) is 11.6. The first kappa shape index (κ1) is 23.0. The van der Waals surface area contributed by atoms with E-state index in [4.69, 9.17) is 17.0 Å². The van der Waals surface area contributed by atoms with Crippen LogP contribution in [0.15, 0.2) is 78.9 Å². The Labute approximate surface area is 193 Å². The van der Waals surface area contributed by atoms with Gasteiger partial charge in [0.05, 0.1) is 23.4 Å². The summed E-state index contributed by atoms with van der Waals surface area (Å²) in [5.41, 5.74) is 2.47. The number of anilines is 1. The first-order chi connectivity index (χ1) is 15.6. The summed E-state index contributed by atoms with van der Waals surface area (Å²) >= 11 is 5.30. The van der Waals surface area contributed by atoms with E-state index < -0.39 is 5.91 Å². The maximum atomic E-state index is 12.7. The third-order valence-corrected chi connectivity index (χ3v) is 4.82. The molecule has 0 aromatic heterocycles. The molecule has 6 nitrogen and oxygen atoms in total. The number of thiocarbonyl (C=S) groups is 1. The quantitative estimate of drug-likeness (QED) is 0.452. The second-order valence-corrected chi connectivity index (χ2v) is 7.28. The predicted molar refractivity (Wildman–Crippen MR) is 130 cm³/mol. The lowest BCUT2D eigenvalue weighted by Gasteiger charge is -2.14. The minimum Gasteiger partial charge on any atom is -0.493 e. The van der Waals surface area contributed by atoms with Crippen molar-refractivity contribution in [2.45, 2.75) is 13.3 Å². The maximum Gasteiger partial charge on any atom is 0.261 e. The number of carbonyl (C=O) groups excluding carboxylic acids is 2. The summed E-state index contributed by atoms with van der Waals surface area (Å²) in [7, 11) is 0. The summed E-state index contributed by atoms with van der Waals surface area (Å²) in [6.45, 7) is 2.80. The van der Waals surface area contributed by atoms with E-state index in [1.807, 2.05) is 37.3 Å². The zero-order chi connectivity index (χ0) is 22.8. The average Bonchev–Trinajstić information content (AvgIpc) is 2.80. The number of hydrogen-bond acceptors (Lipinski definition) is 4. The predicted octanol–water partition coefficient (Wildman–Crippen LogP) is 4.18. The largest absolute Gasteiger partial charge is 0.493 e. The molecule has 0 spiro atoms. The molecule has 0 aliphatic carbocycles. The van der Waals surface area contributed by atoms with Gasteiger partial charge in [0.15, 0.2) is 5.11 Å². The molecule has 0 aliphatic rings. The van der Waals surface area contributed by atoms with Gasteiger partial charge in [0.2, 0.25) is 0 Å². The molecule has 0 aliphatic heterocycles. The van der Waals surface area contributed by atoms with E-state index in [0.29, 0.717) is 35.7 Å². The van der Waals surface area contributed by atoms with Gasteiger partial charge >= 0.3 is 0 Å². The topological polar surface area (TPSA) is 79.5 Å². The van der Waals surface area contributed by atoms with Crippen molar-refractivity contribution in [3.63, 3.8) is 0 Å². The van der Waals surface area contributed by atoms with E-state index in [9.17, 15) is 9.59 Å². The minimum absolute atomic E-state index is 0.0887. The van der Waals surface area contributed by atoms with Crippen molar-refractivity contribution in [2.24, 2.45) is 0 Å². The molecule has 3 rings (SSSR count). The molecule has 32 heavy (non-hydrogen) atoms. The van der Waals surface area contributed by atoms with Gasteiger partial charge in [-0.05, 0) is 55.4 Å². The molecule has 164 valence electrons. The average molecular weight is 448 g/mol. The number of amides is 2. The van der Waals surface area contributed by atoms with Crippen molar-refractivity contribution in [2.75, 3.05) is 18.5 Å². The zero-order valence-corrected chi connectivity index (χ0v) is 18.6. The molecule has 0 atom stereocenters. The normalized spacial score (nSPS) is 10.2. The Morgan fingerprint density at radius 3 is 2.25 bits per heavy atom. The van der Waals surface area contributed by atoms with Crippen LogP contribution < -0.4 is 20.7 Å². The molecule has 2 amide bonds. The number of ether oxygens (including phenoxy) is 1. The fraction of sp³-hybridized carbons (Fsp3) is 0.160. The smallest absolute Gasteiger partial charge is 0.261 e. The molecule has 0 radical (unpaired) electrons. The highest BCUT2D eigenvalue weighted by Gasteiger charge is 2.15. The van der Waals surface area contributed by atoms with Crippen LogP contribution in [-0.2, 0) is 6.42 Å². The third-order valence-electron chi connectivity index (χ3n) is 4.62. The van der Waals surface area contributed by atoms with Crippen LogP contribution in [0.4, 0.5) is 5.69 Å². The molecule has 0 fully saturated rings. The summed E-state index contributed by atoms with van der Waals surface area (Å²) in [4.78, 5) is 25.3. The molecular weight excluding hydrogens is 422 g/mol. The number of hydrogen-bond donors (Lipinski definition) is 3. The summed E-state index contributed by atoms with van der Waals surface area (Å²) in [5, 5.41) is 8.61. The van der Waals surface area contributed by atoms with Crippen LogP contribution in [0.25, 0.3) is 0 Å². The molecule has 0 saturated carbocycles. The second-order valence-electron chi connectivity index (χ2n) is 6.87. The van der Waals surface area contributed by atoms with Crippen LogP contribution in [0, 0.1) is 0 Å². The minimum atomic E-state index is -0.392. The van der Waals surface area contributed by atoms with Crippen LogP contribution >= 0.6 is 12.2 Å². The molecule has 0 saturated heterocycles. The SMILES string of the molecule is CCOc1ccccc1C(=O)NC(=S)Nc1ccccc1C(=O)NCCc1ccccc1. The molecular formula is C25H25N3O3S. The van der Waals surface area contributed by atoms with Gasteiger partial charge in [0, 0.05) is 6.54 Å². The van der Waals surface area contributed by atoms with Gasteiger partial charge in [-0.25, -0.2) is 0 Å². The first-order valence-electron chi connectivity index (χ1n) is 10.3. The van der Waals surface area contributed by atoms with Crippen LogP contribution in [0.2, 0.25) is 0 Å². The van der Waals surface area contributed by atoms with Gasteiger partial charge < -0.3 is 15.4 Å². The van der Waals surface area contributed by atoms with E-state index in [0.717, 1.165) is 12.0 Å². The number of para-hydroxylation sites is 2. The lowest BCUT2D eigenvalue weighted by atomic mass is 10.1. The Hall–Kier alpha value is -3.71. The van der Waals surface area contributed by atoms with Crippen LogP contribution in [-0.4, -0.2) is 30.1 Å². The number of nitrogens with one attached hydrogen (secondary N) is 3. The van der Waals surface area contributed by atoms with Crippen molar-refractivity contribution in [1.82, 2.24) is 10.6 Å². The summed E-state index contributed by atoms with van der Waals surface area (Å²) in [6.07, 6.45) is 0.732. The van der Waals surface area contributed by atoms with Crippen molar-refractivity contribution in [3.05, 3.63) is 95.6 Å². The van der Waals surface area contributed by atoms with Gasteiger partial charge in [-0.1, -0.05) is 54.6 Å². The molecule has 0 bridgehead atoms. The van der Waals surface area contributed by atoms with E-state index in [-0.39, 0.29) is 11.0 Å². The fourth-order valence-electron chi connectivity index (χ4n) is 3.11. The lowest BCUT2D eigenvalue weighted by molar-refractivity contribution is 0.0952. The van der Waals surface area contributed by atoms with E-state index in [1.165, 1.54) is 0 Å².